The molecule has 1 aromatic heterocycles. The highest BCUT2D eigenvalue weighted by atomic mass is 35.5. The summed E-state index contributed by atoms with van der Waals surface area (Å²) in [4.78, 5) is 12.1. The first-order chi connectivity index (χ1) is 11.7. The summed E-state index contributed by atoms with van der Waals surface area (Å²) in [5, 5.41) is 2.60. The highest BCUT2D eigenvalue weighted by Crippen LogP contribution is 2.34. The van der Waals surface area contributed by atoms with Crippen molar-refractivity contribution in [2.24, 2.45) is 0 Å². The van der Waals surface area contributed by atoms with Gasteiger partial charge in [0.05, 0.1) is 12.7 Å². The van der Waals surface area contributed by atoms with Gasteiger partial charge in [-0.2, -0.15) is 0 Å². The molecule has 118 valence electrons. The minimum absolute atomic E-state index is 0.390. The molecule has 0 aliphatic heterocycles. The Morgan fingerprint density at radius 1 is 0.958 bits per heavy atom. The van der Waals surface area contributed by atoms with E-state index in [9.17, 15) is 4.79 Å². The van der Waals surface area contributed by atoms with E-state index < -0.39 is 0 Å². The molecule has 24 heavy (non-hydrogen) atoms. The topological polar surface area (TPSA) is 39.4 Å². The van der Waals surface area contributed by atoms with Crippen LogP contribution in [0, 0.1) is 0 Å². The number of ether oxygens (including phenoxy) is 1. The first kappa shape index (κ1) is 14.8. The molecular weight excluding hydrogens is 324 g/mol. The predicted octanol–water partition coefficient (Wildman–Crippen LogP) is 5.69. The van der Waals surface area contributed by atoms with Gasteiger partial charge in [-0.3, -0.25) is 0 Å². The lowest BCUT2D eigenvalue weighted by molar-refractivity contribution is 0.0601. The fourth-order valence-corrected chi connectivity index (χ4v) is 3.11. The van der Waals surface area contributed by atoms with E-state index in [1.807, 2.05) is 42.5 Å². The monoisotopic (exact) mass is 336 g/mol. The van der Waals surface area contributed by atoms with E-state index in [0.717, 1.165) is 33.1 Å². The standard InChI is InChI=1S/C20H13ClO3/c1-23-20(22)15-8-7-13(21)11-16(15)12-6-9-19-17(10-12)14-4-2-3-5-18(14)24-19/h2-11H,1H3. The number of hydrogen-bond acceptors (Lipinski definition) is 3. The molecule has 0 spiro atoms. The van der Waals surface area contributed by atoms with Crippen molar-refractivity contribution in [1.29, 1.82) is 0 Å². The number of carbonyl (C=O) groups is 1. The van der Waals surface area contributed by atoms with Crippen LogP contribution in [0.2, 0.25) is 5.02 Å². The highest BCUT2D eigenvalue weighted by Gasteiger charge is 2.15. The molecule has 0 bridgehead atoms. The van der Waals surface area contributed by atoms with Gasteiger partial charge < -0.3 is 9.15 Å². The normalized spacial score (nSPS) is 11.1. The third kappa shape index (κ3) is 2.34. The minimum atomic E-state index is -0.390. The Hall–Kier alpha value is -2.78. The maximum absolute atomic E-state index is 12.1. The molecule has 3 aromatic carbocycles. The first-order valence-corrected chi connectivity index (χ1v) is 7.85. The van der Waals surface area contributed by atoms with Crippen LogP contribution in [-0.4, -0.2) is 13.1 Å². The van der Waals surface area contributed by atoms with Crippen LogP contribution < -0.4 is 0 Å². The zero-order valence-electron chi connectivity index (χ0n) is 12.9. The van der Waals surface area contributed by atoms with Crippen LogP contribution in [0.5, 0.6) is 0 Å². The number of halogens is 1. The van der Waals surface area contributed by atoms with E-state index >= 15 is 0 Å². The second-order valence-corrected chi connectivity index (χ2v) is 5.93. The van der Waals surface area contributed by atoms with E-state index in [-0.39, 0.29) is 5.97 Å². The van der Waals surface area contributed by atoms with Crippen molar-refractivity contribution in [3.8, 4) is 11.1 Å². The van der Waals surface area contributed by atoms with Crippen LogP contribution in [0.15, 0.2) is 65.1 Å². The molecule has 0 aliphatic carbocycles. The predicted molar refractivity (Wildman–Crippen MR) is 95.5 cm³/mol. The Bertz CT molecular complexity index is 1080. The van der Waals surface area contributed by atoms with Crippen molar-refractivity contribution >= 4 is 39.5 Å². The maximum Gasteiger partial charge on any atom is 0.338 e. The Kier molecular flexibility index (Phi) is 3.51. The number of fused-ring (bicyclic) bond motifs is 3. The van der Waals surface area contributed by atoms with Gasteiger partial charge in [0, 0.05) is 15.8 Å². The molecule has 0 saturated carbocycles. The van der Waals surface area contributed by atoms with Crippen molar-refractivity contribution < 1.29 is 13.9 Å². The van der Waals surface area contributed by atoms with Crippen LogP contribution in [0.1, 0.15) is 10.4 Å². The molecule has 4 rings (SSSR count). The van der Waals surface area contributed by atoms with Gasteiger partial charge in [-0.15, -0.1) is 0 Å². The summed E-state index contributed by atoms with van der Waals surface area (Å²) in [7, 11) is 1.37. The maximum atomic E-state index is 12.1. The molecule has 0 amide bonds. The SMILES string of the molecule is COC(=O)c1ccc(Cl)cc1-c1ccc2oc3ccccc3c2c1. The van der Waals surface area contributed by atoms with Gasteiger partial charge in [-0.05, 0) is 47.5 Å². The molecule has 4 aromatic rings. The first-order valence-electron chi connectivity index (χ1n) is 7.47. The molecule has 0 N–H and O–H groups in total. The summed E-state index contributed by atoms with van der Waals surface area (Å²) >= 11 is 6.14. The van der Waals surface area contributed by atoms with E-state index in [4.69, 9.17) is 20.8 Å². The van der Waals surface area contributed by atoms with Gasteiger partial charge >= 0.3 is 5.97 Å². The van der Waals surface area contributed by atoms with E-state index in [1.54, 1.807) is 18.2 Å². The third-order valence-electron chi connectivity index (χ3n) is 4.07. The summed E-state index contributed by atoms with van der Waals surface area (Å²) in [6.07, 6.45) is 0. The molecule has 0 unspecified atom stereocenters. The average Bonchev–Trinajstić information content (AvgIpc) is 2.99. The van der Waals surface area contributed by atoms with Crippen LogP contribution in [0.3, 0.4) is 0 Å². The van der Waals surface area contributed by atoms with Gasteiger partial charge in [0.25, 0.3) is 0 Å². The molecular formula is C20H13ClO3. The molecule has 0 radical (unpaired) electrons. The molecule has 0 fully saturated rings. The van der Waals surface area contributed by atoms with Crippen molar-refractivity contribution in [2.75, 3.05) is 7.11 Å². The van der Waals surface area contributed by atoms with Crippen LogP contribution in [0.25, 0.3) is 33.1 Å². The van der Waals surface area contributed by atoms with Gasteiger partial charge in [0.15, 0.2) is 0 Å². The second-order valence-electron chi connectivity index (χ2n) is 5.49. The number of benzene rings is 3. The lowest BCUT2D eigenvalue weighted by atomic mass is 9.98. The summed E-state index contributed by atoms with van der Waals surface area (Å²) in [5.41, 5.74) is 3.75. The molecule has 4 heteroatoms. The number of esters is 1. The quantitative estimate of drug-likeness (QED) is 0.441. The largest absolute Gasteiger partial charge is 0.465 e. The molecule has 0 aliphatic rings. The Morgan fingerprint density at radius 2 is 1.75 bits per heavy atom. The van der Waals surface area contributed by atoms with Crippen molar-refractivity contribution in [2.45, 2.75) is 0 Å². The van der Waals surface area contributed by atoms with Crippen LogP contribution in [0.4, 0.5) is 0 Å². The number of methoxy groups -OCH3 is 1. The molecule has 0 saturated heterocycles. The minimum Gasteiger partial charge on any atom is -0.465 e. The second kappa shape index (κ2) is 5.69. The lowest BCUT2D eigenvalue weighted by Crippen LogP contribution is -2.03. The summed E-state index contributed by atoms with van der Waals surface area (Å²) in [6, 6.07) is 18.9. The number of furan rings is 1. The van der Waals surface area contributed by atoms with Crippen molar-refractivity contribution in [3.05, 3.63) is 71.2 Å². The van der Waals surface area contributed by atoms with E-state index in [1.165, 1.54) is 7.11 Å². The van der Waals surface area contributed by atoms with Gasteiger partial charge in [-0.1, -0.05) is 35.9 Å². The Morgan fingerprint density at radius 3 is 2.58 bits per heavy atom. The third-order valence-corrected chi connectivity index (χ3v) is 4.31. The van der Waals surface area contributed by atoms with Crippen LogP contribution >= 0.6 is 11.6 Å². The average molecular weight is 337 g/mol. The van der Waals surface area contributed by atoms with Gasteiger partial charge in [-0.25, -0.2) is 4.79 Å². The fourth-order valence-electron chi connectivity index (χ4n) is 2.94. The van der Waals surface area contributed by atoms with Gasteiger partial charge in [0.2, 0.25) is 0 Å². The molecule has 3 nitrogen and oxygen atoms in total. The highest BCUT2D eigenvalue weighted by molar-refractivity contribution is 6.31. The summed E-state index contributed by atoms with van der Waals surface area (Å²) in [6.45, 7) is 0. The van der Waals surface area contributed by atoms with Crippen molar-refractivity contribution in [3.63, 3.8) is 0 Å². The Labute approximate surface area is 143 Å². The number of carbonyl (C=O) groups excluding carboxylic acids is 1. The molecule has 0 atom stereocenters. The van der Waals surface area contributed by atoms with Crippen molar-refractivity contribution in [1.82, 2.24) is 0 Å². The summed E-state index contributed by atoms with van der Waals surface area (Å²) < 4.78 is 10.7. The zero-order valence-corrected chi connectivity index (χ0v) is 13.6. The zero-order chi connectivity index (χ0) is 16.7. The van der Waals surface area contributed by atoms with Gasteiger partial charge in [0.1, 0.15) is 11.2 Å². The Balaban J connectivity index is 1.98. The van der Waals surface area contributed by atoms with E-state index in [0.29, 0.717) is 10.6 Å². The number of rotatable bonds is 2. The number of hydrogen-bond donors (Lipinski definition) is 0. The smallest absolute Gasteiger partial charge is 0.338 e. The van der Waals surface area contributed by atoms with Crippen LogP contribution in [-0.2, 0) is 4.74 Å². The lowest BCUT2D eigenvalue weighted by Gasteiger charge is -2.09. The fraction of sp³-hybridized carbons (Fsp3) is 0.0500. The summed E-state index contributed by atoms with van der Waals surface area (Å²) in [5.74, 6) is -0.390. The molecule has 1 heterocycles. The van der Waals surface area contributed by atoms with E-state index in [2.05, 4.69) is 0 Å². The number of para-hydroxylation sites is 1.